The van der Waals surface area contributed by atoms with Crippen molar-refractivity contribution < 1.29 is 4.74 Å². The van der Waals surface area contributed by atoms with Crippen molar-refractivity contribution in [3.05, 3.63) is 65.2 Å². The van der Waals surface area contributed by atoms with Gasteiger partial charge in [0, 0.05) is 12.6 Å². The summed E-state index contributed by atoms with van der Waals surface area (Å²) in [6.45, 7) is 5.18. The zero-order valence-electron chi connectivity index (χ0n) is 11.8. The Bertz CT molecular complexity index is 519. The van der Waals surface area contributed by atoms with Crippen LogP contribution >= 0.6 is 0 Å². The maximum absolute atomic E-state index is 5.16. The Morgan fingerprint density at radius 2 is 1.84 bits per heavy atom. The topological polar surface area (TPSA) is 21.3 Å². The molecule has 1 N–H and O–H groups in total. The number of benzene rings is 2. The van der Waals surface area contributed by atoms with Crippen LogP contribution in [-0.4, -0.2) is 7.11 Å². The van der Waals surface area contributed by atoms with Crippen molar-refractivity contribution in [2.75, 3.05) is 7.11 Å². The van der Waals surface area contributed by atoms with Gasteiger partial charge in [-0.15, -0.1) is 0 Å². The molecule has 1 atom stereocenters. The molecule has 2 nitrogen and oxygen atoms in total. The van der Waals surface area contributed by atoms with Crippen molar-refractivity contribution in [2.45, 2.75) is 26.4 Å². The normalized spacial score (nSPS) is 12.2. The Labute approximate surface area is 115 Å². The molecule has 2 aromatic rings. The Morgan fingerprint density at radius 3 is 2.47 bits per heavy atom. The molecule has 0 aliphatic carbocycles. The fourth-order valence-electron chi connectivity index (χ4n) is 2.07. The predicted octanol–water partition coefficient (Wildman–Crippen LogP) is 3.85. The highest BCUT2D eigenvalue weighted by molar-refractivity contribution is 5.28. The van der Waals surface area contributed by atoms with Crippen LogP contribution in [0.25, 0.3) is 0 Å². The van der Waals surface area contributed by atoms with E-state index in [0.717, 1.165) is 12.3 Å². The third-order valence-corrected chi connectivity index (χ3v) is 3.31. The van der Waals surface area contributed by atoms with Crippen molar-refractivity contribution in [2.24, 2.45) is 0 Å². The van der Waals surface area contributed by atoms with Crippen LogP contribution in [0.5, 0.6) is 5.75 Å². The van der Waals surface area contributed by atoms with E-state index in [1.807, 2.05) is 12.1 Å². The van der Waals surface area contributed by atoms with Crippen LogP contribution in [0.3, 0.4) is 0 Å². The summed E-state index contributed by atoms with van der Waals surface area (Å²) in [5.41, 5.74) is 3.89. The number of nitrogens with one attached hydrogen (secondary N) is 1. The molecular weight excluding hydrogens is 234 g/mol. The number of aryl methyl sites for hydroxylation is 1. The molecular formula is C17H21NO. The number of hydrogen-bond donors (Lipinski definition) is 1. The van der Waals surface area contributed by atoms with Gasteiger partial charge >= 0.3 is 0 Å². The largest absolute Gasteiger partial charge is 0.497 e. The molecule has 0 saturated carbocycles. The van der Waals surface area contributed by atoms with E-state index in [2.05, 4.69) is 55.6 Å². The SMILES string of the molecule is COc1ccc(CN[C@@H](C)c2cccc(C)c2)cc1. The minimum atomic E-state index is 0.349. The molecule has 0 aliphatic rings. The Kier molecular flexibility index (Phi) is 4.58. The number of hydrogen-bond acceptors (Lipinski definition) is 2. The zero-order valence-corrected chi connectivity index (χ0v) is 11.8. The number of rotatable bonds is 5. The van der Waals surface area contributed by atoms with Gasteiger partial charge in [-0.2, -0.15) is 0 Å². The first-order valence-corrected chi connectivity index (χ1v) is 6.62. The van der Waals surface area contributed by atoms with E-state index >= 15 is 0 Å². The zero-order chi connectivity index (χ0) is 13.7. The molecule has 0 unspecified atom stereocenters. The lowest BCUT2D eigenvalue weighted by Crippen LogP contribution is -2.18. The molecule has 0 bridgehead atoms. The van der Waals surface area contributed by atoms with Crippen LogP contribution in [0.4, 0.5) is 0 Å². The van der Waals surface area contributed by atoms with Gasteiger partial charge in [-0.05, 0) is 37.1 Å². The summed E-state index contributed by atoms with van der Waals surface area (Å²) in [5, 5.41) is 3.54. The average Bonchev–Trinajstić information content (AvgIpc) is 2.45. The van der Waals surface area contributed by atoms with E-state index in [-0.39, 0.29) is 0 Å². The molecule has 0 amide bonds. The van der Waals surface area contributed by atoms with Crippen LogP contribution in [0.2, 0.25) is 0 Å². The van der Waals surface area contributed by atoms with Gasteiger partial charge in [0.2, 0.25) is 0 Å². The second-order valence-electron chi connectivity index (χ2n) is 4.86. The van der Waals surface area contributed by atoms with Gasteiger partial charge in [0.25, 0.3) is 0 Å². The molecule has 2 rings (SSSR count). The Hall–Kier alpha value is -1.80. The van der Waals surface area contributed by atoms with Crippen LogP contribution in [0, 0.1) is 6.92 Å². The summed E-state index contributed by atoms with van der Waals surface area (Å²) in [4.78, 5) is 0. The minimum Gasteiger partial charge on any atom is -0.497 e. The Balaban J connectivity index is 1.94. The second kappa shape index (κ2) is 6.39. The first-order valence-electron chi connectivity index (χ1n) is 6.62. The van der Waals surface area contributed by atoms with Crippen LogP contribution in [0.1, 0.15) is 29.7 Å². The third-order valence-electron chi connectivity index (χ3n) is 3.31. The van der Waals surface area contributed by atoms with Gasteiger partial charge in [-0.3, -0.25) is 0 Å². The number of methoxy groups -OCH3 is 1. The van der Waals surface area contributed by atoms with Crippen molar-refractivity contribution in [1.82, 2.24) is 5.32 Å². The molecule has 0 saturated heterocycles. The molecule has 100 valence electrons. The summed E-state index contributed by atoms with van der Waals surface area (Å²) in [6, 6.07) is 17.1. The molecule has 0 radical (unpaired) electrons. The molecule has 0 spiro atoms. The van der Waals surface area contributed by atoms with E-state index in [1.165, 1.54) is 16.7 Å². The summed E-state index contributed by atoms with van der Waals surface area (Å²) in [5.74, 6) is 0.899. The van der Waals surface area contributed by atoms with Crippen molar-refractivity contribution in [3.8, 4) is 5.75 Å². The predicted molar refractivity (Wildman–Crippen MR) is 79.4 cm³/mol. The molecule has 2 aromatic carbocycles. The molecule has 0 aromatic heterocycles. The standard InChI is InChI=1S/C17H21NO/c1-13-5-4-6-16(11-13)14(2)18-12-15-7-9-17(19-3)10-8-15/h4-11,14,18H,12H2,1-3H3/t14-/m0/s1. The van der Waals surface area contributed by atoms with E-state index < -0.39 is 0 Å². The van der Waals surface area contributed by atoms with Gasteiger partial charge in [0.05, 0.1) is 7.11 Å². The highest BCUT2D eigenvalue weighted by Gasteiger charge is 2.04. The first kappa shape index (κ1) is 13.6. The first-order chi connectivity index (χ1) is 9.19. The molecule has 0 aliphatic heterocycles. The fourth-order valence-corrected chi connectivity index (χ4v) is 2.07. The second-order valence-corrected chi connectivity index (χ2v) is 4.86. The lowest BCUT2D eigenvalue weighted by Gasteiger charge is -2.15. The van der Waals surface area contributed by atoms with Crippen molar-refractivity contribution in [1.29, 1.82) is 0 Å². The van der Waals surface area contributed by atoms with Crippen molar-refractivity contribution >= 4 is 0 Å². The highest BCUT2D eigenvalue weighted by atomic mass is 16.5. The van der Waals surface area contributed by atoms with E-state index in [9.17, 15) is 0 Å². The molecule has 0 fully saturated rings. The van der Waals surface area contributed by atoms with Gasteiger partial charge in [0.1, 0.15) is 5.75 Å². The Morgan fingerprint density at radius 1 is 1.11 bits per heavy atom. The van der Waals surface area contributed by atoms with Gasteiger partial charge in [-0.1, -0.05) is 42.0 Å². The summed E-state index contributed by atoms with van der Waals surface area (Å²) in [6.07, 6.45) is 0. The minimum absolute atomic E-state index is 0.349. The lowest BCUT2D eigenvalue weighted by molar-refractivity contribution is 0.414. The van der Waals surface area contributed by atoms with Crippen molar-refractivity contribution in [3.63, 3.8) is 0 Å². The summed E-state index contributed by atoms with van der Waals surface area (Å²) < 4.78 is 5.16. The maximum Gasteiger partial charge on any atom is 0.118 e. The van der Waals surface area contributed by atoms with Crippen LogP contribution in [-0.2, 0) is 6.54 Å². The lowest BCUT2D eigenvalue weighted by atomic mass is 10.1. The monoisotopic (exact) mass is 255 g/mol. The highest BCUT2D eigenvalue weighted by Crippen LogP contribution is 2.16. The van der Waals surface area contributed by atoms with Crippen LogP contribution < -0.4 is 10.1 Å². The average molecular weight is 255 g/mol. The quantitative estimate of drug-likeness (QED) is 0.876. The van der Waals surface area contributed by atoms with Gasteiger partial charge < -0.3 is 10.1 Å². The van der Waals surface area contributed by atoms with Gasteiger partial charge in [0.15, 0.2) is 0 Å². The molecule has 19 heavy (non-hydrogen) atoms. The van der Waals surface area contributed by atoms with E-state index in [1.54, 1.807) is 7.11 Å². The van der Waals surface area contributed by atoms with E-state index in [4.69, 9.17) is 4.74 Å². The van der Waals surface area contributed by atoms with Crippen LogP contribution in [0.15, 0.2) is 48.5 Å². The van der Waals surface area contributed by atoms with Gasteiger partial charge in [-0.25, -0.2) is 0 Å². The maximum atomic E-state index is 5.16. The summed E-state index contributed by atoms with van der Waals surface area (Å²) in [7, 11) is 1.69. The number of ether oxygens (including phenoxy) is 1. The molecule has 0 heterocycles. The smallest absolute Gasteiger partial charge is 0.118 e. The third kappa shape index (κ3) is 3.83. The summed E-state index contributed by atoms with van der Waals surface area (Å²) >= 11 is 0. The fraction of sp³-hybridized carbons (Fsp3) is 0.294. The van der Waals surface area contributed by atoms with E-state index in [0.29, 0.717) is 6.04 Å². The molecule has 2 heteroatoms.